The van der Waals surface area contributed by atoms with E-state index < -0.39 is 11.6 Å². The van der Waals surface area contributed by atoms with Crippen molar-refractivity contribution < 1.29 is 8.78 Å². The van der Waals surface area contributed by atoms with Crippen molar-refractivity contribution in [1.29, 1.82) is 0 Å². The SMILES string of the molecule is Cc1c(-c2ccnc(Nc3ccncn3)c2)cnc(Cl)c1NSc1ccc(F)cc1F. The number of rotatable bonds is 6. The molecule has 0 amide bonds. The zero-order valence-corrected chi connectivity index (χ0v) is 17.7. The van der Waals surface area contributed by atoms with Gasteiger partial charge in [-0.2, -0.15) is 0 Å². The smallest absolute Gasteiger partial charge is 0.153 e. The van der Waals surface area contributed by atoms with Crippen LogP contribution in [0.4, 0.5) is 26.1 Å². The van der Waals surface area contributed by atoms with E-state index in [1.165, 1.54) is 18.5 Å². The zero-order valence-electron chi connectivity index (χ0n) is 16.1. The Balaban J connectivity index is 1.60. The van der Waals surface area contributed by atoms with E-state index in [2.05, 4.69) is 30.0 Å². The summed E-state index contributed by atoms with van der Waals surface area (Å²) in [6.07, 6.45) is 6.41. The molecule has 1 aromatic carbocycles. The average molecular weight is 457 g/mol. The van der Waals surface area contributed by atoms with Gasteiger partial charge < -0.3 is 10.0 Å². The van der Waals surface area contributed by atoms with Gasteiger partial charge in [-0.25, -0.2) is 28.7 Å². The Morgan fingerprint density at radius 2 is 1.84 bits per heavy atom. The number of anilines is 3. The molecule has 0 spiro atoms. The van der Waals surface area contributed by atoms with Crippen LogP contribution in [0.5, 0.6) is 0 Å². The lowest BCUT2D eigenvalue weighted by Crippen LogP contribution is -1.99. The first-order chi connectivity index (χ1) is 15.0. The van der Waals surface area contributed by atoms with E-state index >= 15 is 0 Å². The van der Waals surface area contributed by atoms with Crippen LogP contribution < -0.4 is 10.0 Å². The molecule has 0 saturated carbocycles. The second kappa shape index (κ2) is 9.23. The van der Waals surface area contributed by atoms with Crippen molar-refractivity contribution >= 4 is 40.9 Å². The predicted octanol–water partition coefficient (Wildman–Crippen LogP) is 6.04. The summed E-state index contributed by atoms with van der Waals surface area (Å²) in [4.78, 5) is 16.8. The molecule has 31 heavy (non-hydrogen) atoms. The first-order valence-corrected chi connectivity index (χ1v) is 10.2. The summed E-state index contributed by atoms with van der Waals surface area (Å²) < 4.78 is 30.1. The molecule has 0 saturated heterocycles. The number of halogens is 3. The molecule has 2 N–H and O–H groups in total. The molecule has 0 atom stereocenters. The molecule has 4 rings (SSSR count). The highest BCUT2D eigenvalue weighted by Gasteiger charge is 2.14. The van der Waals surface area contributed by atoms with Gasteiger partial charge in [-0.3, -0.25) is 0 Å². The molecule has 4 aromatic rings. The maximum atomic E-state index is 13.9. The minimum Gasteiger partial charge on any atom is -0.325 e. The number of hydrogen-bond acceptors (Lipinski definition) is 7. The molecule has 0 aliphatic rings. The fraction of sp³-hybridized carbons (Fsp3) is 0.0476. The van der Waals surface area contributed by atoms with E-state index in [4.69, 9.17) is 11.6 Å². The molecule has 0 unspecified atom stereocenters. The topological polar surface area (TPSA) is 75.6 Å². The standard InChI is InChI=1S/C21H15ClF2N6S/c1-12-15(13-4-7-26-19(8-13)29-18-5-6-25-11-28-18)10-27-21(22)20(12)30-31-17-3-2-14(23)9-16(17)24/h2-11,30H,1H3,(H,25,26,28,29). The van der Waals surface area contributed by atoms with Crippen LogP contribution in [0.1, 0.15) is 5.56 Å². The third-order valence-corrected chi connectivity index (χ3v) is 5.50. The fourth-order valence-corrected chi connectivity index (χ4v) is 3.86. The van der Waals surface area contributed by atoms with Crippen LogP contribution in [0.2, 0.25) is 5.15 Å². The summed E-state index contributed by atoms with van der Waals surface area (Å²) in [6.45, 7) is 1.88. The quantitative estimate of drug-likeness (QED) is 0.270. The molecule has 0 fully saturated rings. The van der Waals surface area contributed by atoms with Gasteiger partial charge >= 0.3 is 0 Å². The van der Waals surface area contributed by atoms with E-state index in [-0.39, 0.29) is 10.0 Å². The van der Waals surface area contributed by atoms with Gasteiger partial charge in [0.2, 0.25) is 0 Å². The second-order valence-corrected chi connectivity index (χ2v) is 7.60. The van der Waals surface area contributed by atoms with Crippen LogP contribution in [-0.2, 0) is 0 Å². The van der Waals surface area contributed by atoms with Crippen LogP contribution >= 0.6 is 23.5 Å². The molecule has 0 aliphatic carbocycles. The molecule has 0 aliphatic heterocycles. The van der Waals surface area contributed by atoms with Crippen molar-refractivity contribution in [2.24, 2.45) is 0 Å². The van der Waals surface area contributed by atoms with Crippen LogP contribution in [0.25, 0.3) is 11.1 Å². The van der Waals surface area contributed by atoms with Gasteiger partial charge in [-0.05, 0) is 60.3 Å². The summed E-state index contributed by atoms with van der Waals surface area (Å²) >= 11 is 7.27. The summed E-state index contributed by atoms with van der Waals surface area (Å²) in [7, 11) is 0. The predicted molar refractivity (Wildman–Crippen MR) is 118 cm³/mol. The second-order valence-electron chi connectivity index (χ2n) is 6.39. The zero-order chi connectivity index (χ0) is 21.8. The van der Waals surface area contributed by atoms with Crippen molar-refractivity contribution in [1.82, 2.24) is 19.9 Å². The third kappa shape index (κ3) is 4.89. The summed E-state index contributed by atoms with van der Waals surface area (Å²) in [5, 5.41) is 3.36. The van der Waals surface area contributed by atoms with Crippen LogP contribution in [-0.4, -0.2) is 19.9 Å². The fourth-order valence-electron chi connectivity index (χ4n) is 2.81. The van der Waals surface area contributed by atoms with Crippen molar-refractivity contribution in [3.8, 4) is 11.1 Å². The lowest BCUT2D eigenvalue weighted by molar-refractivity contribution is 0.566. The van der Waals surface area contributed by atoms with Gasteiger partial charge in [0.1, 0.15) is 29.6 Å². The minimum absolute atomic E-state index is 0.238. The van der Waals surface area contributed by atoms with Gasteiger partial charge in [0.25, 0.3) is 0 Å². The molecule has 156 valence electrons. The number of pyridine rings is 2. The number of nitrogens with zero attached hydrogens (tertiary/aromatic N) is 4. The first-order valence-electron chi connectivity index (χ1n) is 9.04. The van der Waals surface area contributed by atoms with Gasteiger partial charge in [0.05, 0.1) is 10.6 Å². The Bertz CT molecular complexity index is 1230. The highest BCUT2D eigenvalue weighted by molar-refractivity contribution is 8.00. The van der Waals surface area contributed by atoms with Crippen molar-refractivity contribution in [2.45, 2.75) is 11.8 Å². The molecule has 0 bridgehead atoms. The Morgan fingerprint density at radius 3 is 2.61 bits per heavy atom. The summed E-state index contributed by atoms with van der Waals surface area (Å²) in [6, 6.07) is 8.82. The average Bonchev–Trinajstić information content (AvgIpc) is 2.76. The highest BCUT2D eigenvalue weighted by Crippen LogP contribution is 2.36. The van der Waals surface area contributed by atoms with E-state index in [0.29, 0.717) is 17.3 Å². The number of aromatic nitrogens is 4. The lowest BCUT2D eigenvalue weighted by atomic mass is 10.0. The Morgan fingerprint density at radius 1 is 0.968 bits per heavy atom. The molecule has 3 aromatic heterocycles. The molecule has 0 radical (unpaired) electrons. The van der Waals surface area contributed by atoms with Crippen molar-refractivity contribution in [3.05, 3.63) is 83.7 Å². The molecule has 10 heteroatoms. The van der Waals surface area contributed by atoms with E-state index in [1.54, 1.807) is 24.7 Å². The molecule has 6 nitrogen and oxygen atoms in total. The molecule has 3 heterocycles. The largest absolute Gasteiger partial charge is 0.325 e. The molecular formula is C21H15ClF2N6S. The maximum Gasteiger partial charge on any atom is 0.153 e. The van der Waals surface area contributed by atoms with Crippen LogP contribution in [0.15, 0.2) is 66.2 Å². The maximum absolute atomic E-state index is 13.9. The Labute approximate surface area is 186 Å². The van der Waals surface area contributed by atoms with Gasteiger partial charge in [0.15, 0.2) is 5.15 Å². The van der Waals surface area contributed by atoms with E-state index in [1.807, 2.05) is 19.1 Å². The lowest BCUT2D eigenvalue weighted by Gasteiger charge is -2.15. The first kappa shape index (κ1) is 21.0. The number of hydrogen-bond donors (Lipinski definition) is 2. The van der Waals surface area contributed by atoms with E-state index in [9.17, 15) is 8.78 Å². The number of benzene rings is 1. The minimum atomic E-state index is -0.662. The normalized spacial score (nSPS) is 10.7. The van der Waals surface area contributed by atoms with Gasteiger partial charge in [-0.1, -0.05) is 11.6 Å². The van der Waals surface area contributed by atoms with Gasteiger partial charge in [-0.15, -0.1) is 0 Å². The Kier molecular flexibility index (Phi) is 6.24. The van der Waals surface area contributed by atoms with E-state index in [0.717, 1.165) is 34.7 Å². The van der Waals surface area contributed by atoms with Crippen LogP contribution in [0, 0.1) is 18.6 Å². The summed E-state index contributed by atoms with van der Waals surface area (Å²) in [5.41, 5.74) is 3.03. The highest BCUT2D eigenvalue weighted by atomic mass is 35.5. The third-order valence-electron chi connectivity index (χ3n) is 4.36. The number of nitrogens with one attached hydrogen (secondary N) is 2. The molecular weight excluding hydrogens is 442 g/mol. The van der Waals surface area contributed by atoms with Gasteiger partial charge in [0, 0.05) is 30.2 Å². The summed E-state index contributed by atoms with van der Waals surface area (Å²) in [5.74, 6) is -0.0812. The van der Waals surface area contributed by atoms with Crippen LogP contribution in [0.3, 0.4) is 0 Å². The monoisotopic (exact) mass is 456 g/mol. The van der Waals surface area contributed by atoms with Crippen molar-refractivity contribution in [3.63, 3.8) is 0 Å². The van der Waals surface area contributed by atoms with Crippen molar-refractivity contribution in [2.75, 3.05) is 10.0 Å². The Hall–Kier alpha value is -3.30.